The molecule has 134 valence electrons. The fourth-order valence-electron chi connectivity index (χ4n) is 3.04. The number of para-hydroxylation sites is 2. The van der Waals surface area contributed by atoms with E-state index in [9.17, 15) is 13.6 Å². The average molecular weight is 363 g/mol. The second-order valence-electron chi connectivity index (χ2n) is 6.09. The first-order valence-electron chi connectivity index (χ1n) is 8.34. The first kappa shape index (κ1) is 16.9. The topological polar surface area (TPSA) is 46.9 Å². The summed E-state index contributed by atoms with van der Waals surface area (Å²) in [5.74, 6) is -2.08. The van der Waals surface area contributed by atoms with Crippen LogP contribution in [0.15, 0.2) is 66.7 Å². The van der Waals surface area contributed by atoms with Crippen LogP contribution in [0.5, 0.6) is 0 Å². The standard InChI is InChI=1S/C21H15F2N3O/c1-13-24-18-7-2-3-8-19(18)26(13)15-11-9-14(10-12-15)25-21(27)16-5-4-6-17(22)20(16)23/h2-12H,1H3,(H,25,27). The molecule has 0 radical (unpaired) electrons. The lowest BCUT2D eigenvalue weighted by molar-refractivity contribution is 0.102. The van der Waals surface area contributed by atoms with E-state index in [1.54, 1.807) is 12.1 Å². The van der Waals surface area contributed by atoms with E-state index in [1.807, 2.05) is 47.9 Å². The Bertz CT molecular complexity index is 1150. The Labute approximate surface area is 154 Å². The maximum Gasteiger partial charge on any atom is 0.258 e. The first-order valence-corrected chi connectivity index (χ1v) is 8.34. The highest BCUT2D eigenvalue weighted by Crippen LogP contribution is 2.23. The fraction of sp³-hybridized carbons (Fsp3) is 0.0476. The van der Waals surface area contributed by atoms with Crippen molar-refractivity contribution in [3.8, 4) is 5.69 Å². The van der Waals surface area contributed by atoms with Crippen molar-refractivity contribution >= 4 is 22.6 Å². The molecule has 0 unspecified atom stereocenters. The Morgan fingerprint density at radius 3 is 2.48 bits per heavy atom. The third-order valence-corrected chi connectivity index (χ3v) is 4.31. The highest BCUT2D eigenvalue weighted by molar-refractivity contribution is 6.04. The zero-order valence-electron chi connectivity index (χ0n) is 14.4. The molecule has 1 amide bonds. The van der Waals surface area contributed by atoms with Gasteiger partial charge in [-0.25, -0.2) is 13.8 Å². The number of hydrogen-bond acceptors (Lipinski definition) is 2. The Morgan fingerprint density at radius 1 is 0.963 bits per heavy atom. The van der Waals surface area contributed by atoms with Gasteiger partial charge in [-0.05, 0) is 55.5 Å². The molecule has 3 aromatic carbocycles. The minimum Gasteiger partial charge on any atom is -0.322 e. The average Bonchev–Trinajstić information content (AvgIpc) is 3.00. The number of aryl methyl sites for hydroxylation is 1. The Balaban J connectivity index is 1.62. The molecule has 6 heteroatoms. The maximum atomic E-state index is 13.8. The van der Waals surface area contributed by atoms with Gasteiger partial charge in [0.2, 0.25) is 0 Å². The lowest BCUT2D eigenvalue weighted by atomic mass is 10.2. The van der Waals surface area contributed by atoms with Crippen LogP contribution in [0.2, 0.25) is 0 Å². The van der Waals surface area contributed by atoms with Crippen LogP contribution in [0.1, 0.15) is 16.2 Å². The number of imidazole rings is 1. The maximum absolute atomic E-state index is 13.8. The van der Waals surface area contributed by atoms with E-state index in [0.29, 0.717) is 5.69 Å². The van der Waals surface area contributed by atoms with Crippen LogP contribution < -0.4 is 5.32 Å². The molecule has 4 rings (SSSR count). The number of aromatic nitrogens is 2. The number of fused-ring (bicyclic) bond motifs is 1. The van der Waals surface area contributed by atoms with E-state index in [-0.39, 0.29) is 5.56 Å². The summed E-state index contributed by atoms with van der Waals surface area (Å²) in [6.07, 6.45) is 0. The zero-order chi connectivity index (χ0) is 19.0. The van der Waals surface area contributed by atoms with Gasteiger partial charge in [0, 0.05) is 11.4 Å². The SMILES string of the molecule is Cc1nc2ccccc2n1-c1ccc(NC(=O)c2cccc(F)c2F)cc1. The second kappa shape index (κ2) is 6.64. The highest BCUT2D eigenvalue weighted by atomic mass is 19.2. The minimum absolute atomic E-state index is 0.337. The number of nitrogens with one attached hydrogen (secondary N) is 1. The molecule has 27 heavy (non-hydrogen) atoms. The number of carbonyl (C=O) groups excluding carboxylic acids is 1. The molecule has 1 N–H and O–H groups in total. The third kappa shape index (κ3) is 3.06. The van der Waals surface area contributed by atoms with Crippen molar-refractivity contribution in [1.29, 1.82) is 0 Å². The summed E-state index contributed by atoms with van der Waals surface area (Å²) in [7, 11) is 0. The number of halogens is 2. The number of nitrogens with zero attached hydrogens (tertiary/aromatic N) is 2. The summed E-state index contributed by atoms with van der Waals surface area (Å²) in [5.41, 5.74) is 2.91. The van der Waals surface area contributed by atoms with Gasteiger partial charge in [0.25, 0.3) is 5.91 Å². The van der Waals surface area contributed by atoms with Crippen LogP contribution in [-0.2, 0) is 0 Å². The number of hydrogen-bond donors (Lipinski definition) is 1. The van der Waals surface area contributed by atoms with Gasteiger partial charge >= 0.3 is 0 Å². The van der Waals surface area contributed by atoms with Crippen molar-refractivity contribution in [2.75, 3.05) is 5.32 Å². The number of rotatable bonds is 3. The molecule has 0 bridgehead atoms. The number of anilines is 1. The van der Waals surface area contributed by atoms with Gasteiger partial charge in [0.05, 0.1) is 16.6 Å². The largest absolute Gasteiger partial charge is 0.322 e. The van der Waals surface area contributed by atoms with E-state index >= 15 is 0 Å². The molecule has 0 saturated heterocycles. The highest BCUT2D eigenvalue weighted by Gasteiger charge is 2.15. The molecule has 0 atom stereocenters. The molecule has 4 nitrogen and oxygen atoms in total. The molecule has 0 aliphatic carbocycles. The van der Waals surface area contributed by atoms with Gasteiger partial charge in [-0.3, -0.25) is 9.36 Å². The summed E-state index contributed by atoms with van der Waals surface area (Å²) in [5, 5.41) is 2.58. The van der Waals surface area contributed by atoms with E-state index < -0.39 is 17.5 Å². The van der Waals surface area contributed by atoms with E-state index in [0.717, 1.165) is 28.6 Å². The van der Waals surface area contributed by atoms with Crippen LogP contribution in [0.3, 0.4) is 0 Å². The van der Waals surface area contributed by atoms with Crippen molar-refractivity contribution in [1.82, 2.24) is 9.55 Å². The summed E-state index contributed by atoms with van der Waals surface area (Å²) >= 11 is 0. The quantitative estimate of drug-likeness (QED) is 0.565. The van der Waals surface area contributed by atoms with Crippen LogP contribution in [0, 0.1) is 18.6 Å². The molecule has 0 fully saturated rings. The summed E-state index contributed by atoms with van der Waals surface area (Å²) in [6.45, 7) is 1.92. The summed E-state index contributed by atoms with van der Waals surface area (Å²) < 4.78 is 29.0. The molecule has 1 aromatic heterocycles. The summed E-state index contributed by atoms with van der Waals surface area (Å²) in [4.78, 5) is 16.7. The number of amides is 1. The van der Waals surface area contributed by atoms with Crippen molar-refractivity contribution in [3.63, 3.8) is 0 Å². The van der Waals surface area contributed by atoms with Crippen LogP contribution in [0.4, 0.5) is 14.5 Å². The van der Waals surface area contributed by atoms with Gasteiger partial charge in [-0.2, -0.15) is 0 Å². The van der Waals surface area contributed by atoms with Gasteiger partial charge in [0.1, 0.15) is 5.82 Å². The lowest BCUT2D eigenvalue weighted by Gasteiger charge is -2.10. The number of carbonyl (C=O) groups is 1. The Kier molecular flexibility index (Phi) is 4.16. The van der Waals surface area contributed by atoms with Crippen molar-refractivity contribution in [2.45, 2.75) is 6.92 Å². The Hall–Kier alpha value is -3.54. The van der Waals surface area contributed by atoms with Crippen LogP contribution >= 0.6 is 0 Å². The normalized spacial score (nSPS) is 10.9. The molecule has 1 heterocycles. The van der Waals surface area contributed by atoms with Gasteiger partial charge in [-0.15, -0.1) is 0 Å². The van der Waals surface area contributed by atoms with Gasteiger partial charge in [-0.1, -0.05) is 18.2 Å². The van der Waals surface area contributed by atoms with Crippen LogP contribution in [-0.4, -0.2) is 15.5 Å². The molecule has 0 aliphatic heterocycles. The van der Waals surface area contributed by atoms with Crippen molar-refractivity contribution in [2.24, 2.45) is 0 Å². The predicted octanol–water partition coefficient (Wildman–Crippen LogP) is 4.86. The van der Waals surface area contributed by atoms with Crippen molar-refractivity contribution in [3.05, 3.63) is 89.8 Å². The minimum atomic E-state index is -1.16. The Morgan fingerprint density at radius 2 is 1.70 bits per heavy atom. The van der Waals surface area contributed by atoms with Gasteiger partial charge < -0.3 is 5.32 Å². The first-order chi connectivity index (χ1) is 13.0. The predicted molar refractivity (Wildman–Crippen MR) is 100 cm³/mol. The van der Waals surface area contributed by atoms with E-state index in [4.69, 9.17) is 0 Å². The van der Waals surface area contributed by atoms with Crippen molar-refractivity contribution < 1.29 is 13.6 Å². The van der Waals surface area contributed by atoms with Crippen LogP contribution in [0.25, 0.3) is 16.7 Å². The molecule has 0 spiro atoms. The second-order valence-corrected chi connectivity index (χ2v) is 6.09. The molecule has 4 aromatic rings. The van der Waals surface area contributed by atoms with E-state index in [1.165, 1.54) is 12.1 Å². The fourth-order valence-corrected chi connectivity index (χ4v) is 3.04. The molecule has 0 aliphatic rings. The lowest BCUT2D eigenvalue weighted by Crippen LogP contribution is -2.14. The molecular weight excluding hydrogens is 348 g/mol. The zero-order valence-corrected chi connectivity index (χ0v) is 14.4. The third-order valence-electron chi connectivity index (χ3n) is 4.31. The molecular formula is C21H15F2N3O. The van der Waals surface area contributed by atoms with E-state index in [2.05, 4.69) is 10.3 Å². The van der Waals surface area contributed by atoms with Gasteiger partial charge in [0.15, 0.2) is 11.6 Å². The number of benzene rings is 3. The monoisotopic (exact) mass is 363 g/mol. The smallest absolute Gasteiger partial charge is 0.258 e. The molecule has 0 saturated carbocycles. The summed E-state index contributed by atoms with van der Waals surface area (Å²) in [6, 6.07) is 18.4.